The van der Waals surface area contributed by atoms with E-state index in [-0.39, 0.29) is 5.41 Å². The van der Waals surface area contributed by atoms with Gasteiger partial charge in [-0.15, -0.1) is 0 Å². The first-order valence-electron chi connectivity index (χ1n) is 6.19. The zero-order chi connectivity index (χ0) is 11.8. The minimum atomic E-state index is 0.287. The number of aryl methyl sites for hydroxylation is 1. The highest BCUT2D eigenvalue weighted by atomic mass is 14.9. The number of benzene rings is 1. The van der Waals surface area contributed by atoms with Crippen molar-refractivity contribution in [2.45, 2.75) is 39.5 Å². The van der Waals surface area contributed by atoms with Crippen molar-refractivity contribution in [3.05, 3.63) is 35.4 Å². The molecule has 0 saturated carbocycles. The Bertz CT molecular complexity index is 364. The van der Waals surface area contributed by atoms with E-state index in [9.17, 15) is 0 Å². The molecule has 1 unspecified atom stereocenters. The van der Waals surface area contributed by atoms with Crippen molar-refractivity contribution >= 4 is 0 Å². The van der Waals surface area contributed by atoms with E-state index in [4.69, 9.17) is 0 Å². The van der Waals surface area contributed by atoms with E-state index < -0.39 is 0 Å². The summed E-state index contributed by atoms with van der Waals surface area (Å²) >= 11 is 0. The molecule has 1 aromatic carbocycles. The standard InChI is InChI=1S/C15H23N/c1-12-5-7-13(8-6-12)15(4)9-14(2,3)10-16-11-15/h5-8,16H,9-11H2,1-4H3. The maximum absolute atomic E-state index is 3.58. The molecule has 0 radical (unpaired) electrons. The Morgan fingerprint density at radius 2 is 1.62 bits per heavy atom. The third-order valence-electron chi connectivity index (χ3n) is 3.74. The van der Waals surface area contributed by atoms with Crippen LogP contribution in [0.25, 0.3) is 0 Å². The number of piperidine rings is 1. The quantitative estimate of drug-likeness (QED) is 0.761. The topological polar surface area (TPSA) is 12.0 Å². The summed E-state index contributed by atoms with van der Waals surface area (Å²) < 4.78 is 0. The molecule has 1 aliphatic heterocycles. The van der Waals surface area contributed by atoms with Crippen LogP contribution < -0.4 is 5.32 Å². The lowest BCUT2D eigenvalue weighted by Crippen LogP contribution is -2.49. The SMILES string of the molecule is Cc1ccc(C2(C)CNCC(C)(C)C2)cc1. The second-order valence-corrected chi connectivity index (χ2v) is 6.37. The number of nitrogens with one attached hydrogen (secondary N) is 1. The number of rotatable bonds is 1. The minimum Gasteiger partial charge on any atom is -0.315 e. The van der Waals surface area contributed by atoms with Crippen LogP contribution in [-0.4, -0.2) is 13.1 Å². The van der Waals surface area contributed by atoms with Gasteiger partial charge in [-0.05, 0) is 24.3 Å². The van der Waals surface area contributed by atoms with Gasteiger partial charge in [0.1, 0.15) is 0 Å². The molecule has 1 saturated heterocycles. The van der Waals surface area contributed by atoms with E-state index in [0.717, 1.165) is 13.1 Å². The number of hydrogen-bond donors (Lipinski definition) is 1. The molecule has 1 nitrogen and oxygen atoms in total. The molecular weight excluding hydrogens is 194 g/mol. The summed E-state index contributed by atoms with van der Waals surface area (Å²) in [5.74, 6) is 0. The lowest BCUT2D eigenvalue weighted by molar-refractivity contribution is 0.180. The Kier molecular flexibility index (Phi) is 2.83. The lowest BCUT2D eigenvalue weighted by Gasteiger charge is -2.43. The molecule has 1 atom stereocenters. The molecule has 1 heterocycles. The van der Waals surface area contributed by atoms with Crippen LogP contribution in [0.5, 0.6) is 0 Å². The van der Waals surface area contributed by atoms with Crippen molar-refractivity contribution in [1.29, 1.82) is 0 Å². The highest BCUT2D eigenvalue weighted by Crippen LogP contribution is 2.39. The zero-order valence-corrected chi connectivity index (χ0v) is 10.9. The van der Waals surface area contributed by atoms with Crippen molar-refractivity contribution in [3.8, 4) is 0 Å². The molecule has 1 aromatic rings. The van der Waals surface area contributed by atoms with Crippen LogP contribution in [0.3, 0.4) is 0 Å². The van der Waals surface area contributed by atoms with Crippen LogP contribution in [0.2, 0.25) is 0 Å². The highest BCUT2D eigenvalue weighted by molar-refractivity contribution is 5.29. The second kappa shape index (κ2) is 3.89. The maximum atomic E-state index is 3.58. The molecule has 0 amide bonds. The van der Waals surface area contributed by atoms with Crippen LogP contribution in [0.15, 0.2) is 24.3 Å². The molecule has 0 spiro atoms. The Labute approximate surface area is 99.3 Å². The van der Waals surface area contributed by atoms with Gasteiger partial charge >= 0.3 is 0 Å². The summed E-state index contributed by atoms with van der Waals surface area (Å²) in [7, 11) is 0. The molecule has 1 fully saturated rings. The summed E-state index contributed by atoms with van der Waals surface area (Å²) in [6.45, 7) is 11.5. The van der Waals surface area contributed by atoms with Gasteiger partial charge in [0.25, 0.3) is 0 Å². The van der Waals surface area contributed by atoms with Gasteiger partial charge in [-0.25, -0.2) is 0 Å². The van der Waals surface area contributed by atoms with Gasteiger partial charge in [0.15, 0.2) is 0 Å². The predicted octanol–water partition coefficient (Wildman–Crippen LogP) is 3.27. The van der Waals surface area contributed by atoms with E-state index in [1.165, 1.54) is 17.5 Å². The fourth-order valence-corrected chi connectivity index (χ4v) is 3.02. The molecule has 88 valence electrons. The van der Waals surface area contributed by atoms with Gasteiger partial charge in [0, 0.05) is 18.5 Å². The van der Waals surface area contributed by atoms with Gasteiger partial charge in [-0.2, -0.15) is 0 Å². The molecule has 1 heteroatoms. The normalized spacial score (nSPS) is 29.0. The summed E-state index contributed by atoms with van der Waals surface area (Å²) in [6, 6.07) is 9.03. The molecule has 0 aromatic heterocycles. The molecule has 0 aliphatic carbocycles. The number of hydrogen-bond acceptors (Lipinski definition) is 1. The first-order chi connectivity index (χ1) is 7.41. The van der Waals surface area contributed by atoms with Gasteiger partial charge in [0.05, 0.1) is 0 Å². The second-order valence-electron chi connectivity index (χ2n) is 6.37. The largest absolute Gasteiger partial charge is 0.315 e. The summed E-state index contributed by atoms with van der Waals surface area (Å²) in [5.41, 5.74) is 3.50. The van der Waals surface area contributed by atoms with Crippen LogP contribution in [-0.2, 0) is 5.41 Å². The smallest absolute Gasteiger partial charge is 0.00550 e. The molecule has 1 aliphatic rings. The minimum absolute atomic E-state index is 0.287. The van der Waals surface area contributed by atoms with Gasteiger partial charge in [-0.3, -0.25) is 0 Å². The molecular formula is C15H23N. The molecule has 16 heavy (non-hydrogen) atoms. The third kappa shape index (κ3) is 2.30. The van der Waals surface area contributed by atoms with Crippen LogP contribution in [0.1, 0.15) is 38.3 Å². The fraction of sp³-hybridized carbons (Fsp3) is 0.600. The van der Waals surface area contributed by atoms with E-state index in [0.29, 0.717) is 5.41 Å². The maximum Gasteiger partial charge on any atom is 0.00550 e. The summed E-state index contributed by atoms with van der Waals surface area (Å²) in [6.07, 6.45) is 1.26. The van der Waals surface area contributed by atoms with Crippen LogP contribution in [0, 0.1) is 12.3 Å². The third-order valence-corrected chi connectivity index (χ3v) is 3.74. The zero-order valence-electron chi connectivity index (χ0n) is 10.9. The van der Waals surface area contributed by atoms with Crippen molar-refractivity contribution in [1.82, 2.24) is 5.32 Å². The average molecular weight is 217 g/mol. The Hall–Kier alpha value is -0.820. The van der Waals surface area contributed by atoms with Crippen molar-refractivity contribution in [2.24, 2.45) is 5.41 Å². The Morgan fingerprint density at radius 3 is 2.19 bits per heavy atom. The van der Waals surface area contributed by atoms with Gasteiger partial charge in [-0.1, -0.05) is 50.6 Å². The first-order valence-corrected chi connectivity index (χ1v) is 6.19. The average Bonchev–Trinajstić information content (AvgIpc) is 2.16. The Balaban J connectivity index is 2.27. The van der Waals surface area contributed by atoms with Gasteiger partial charge in [0.2, 0.25) is 0 Å². The van der Waals surface area contributed by atoms with E-state index in [1.807, 2.05) is 0 Å². The van der Waals surface area contributed by atoms with E-state index in [1.54, 1.807) is 0 Å². The predicted molar refractivity (Wildman–Crippen MR) is 69.8 cm³/mol. The van der Waals surface area contributed by atoms with Crippen molar-refractivity contribution in [2.75, 3.05) is 13.1 Å². The first kappa shape index (κ1) is 11.7. The monoisotopic (exact) mass is 217 g/mol. The molecule has 0 bridgehead atoms. The van der Waals surface area contributed by atoms with Crippen LogP contribution in [0.4, 0.5) is 0 Å². The Morgan fingerprint density at radius 1 is 1.00 bits per heavy atom. The van der Waals surface area contributed by atoms with Crippen molar-refractivity contribution < 1.29 is 0 Å². The van der Waals surface area contributed by atoms with E-state index >= 15 is 0 Å². The molecule has 1 N–H and O–H groups in total. The highest BCUT2D eigenvalue weighted by Gasteiger charge is 2.37. The van der Waals surface area contributed by atoms with E-state index in [2.05, 4.69) is 57.3 Å². The fourth-order valence-electron chi connectivity index (χ4n) is 3.02. The van der Waals surface area contributed by atoms with Crippen LogP contribution >= 0.6 is 0 Å². The van der Waals surface area contributed by atoms with Crippen molar-refractivity contribution in [3.63, 3.8) is 0 Å². The van der Waals surface area contributed by atoms with Gasteiger partial charge < -0.3 is 5.32 Å². The summed E-state index contributed by atoms with van der Waals surface area (Å²) in [4.78, 5) is 0. The molecule has 2 rings (SSSR count). The lowest BCUT2D eigenvalue weighted by atomic mass is 9.67. The summed E-state index contributed by atoms with van der Waals surface area (Å²) in [5, 5.41) is 3.58.